The van der Waals surface area contributed by atoms with Crippen LogP contribution in [-0.2, 0) is 19.6 Å². The number of nitrogen functional groups attached to an aromatic ring is 1. The van der Waals surface area contributed by atoms with Crippen LogP contribution in [0.2, 0.25) is 0 Å². The first-order valence-electron chi connectivity index (χ1n) is 8.25. The molecule has 0 saturated heterocycles. The Morgan fingerprint density at radius 3 is 3.00 bits per heavy atom. The standard InChI is InChI=1S/C19H21FN4/c1-23-11-16-18(12-23)22-24(10-13-5-4-6-14(21)9-13)19(16)15-7-2-3-8-17(15)20/h2-6,8-9,15H,7,10-12,21H2,1H3. The average Bonchev–Trinajstić information content (AvgIpc) is 3.04. The minimum atomic E-state index is -0.237. The Hall–Kier alpha value is -2.40. The van der Waals surface area contributed by atoms with E-state index in [2.05, 4.69) is 11.9 Å². The van der Waals surface area contributed by atoms with Gasteiger partial charge < -0.3 is 5.73 Å². The third-order valence-electron chi connectivity index (χ3n) is 4.73. The van der Waals surface area contributed by atoms with Crippen molar-refractivity contribution in [1.82, 2.24) is 14.7 Å². The van der Waals surface area contributed by atoms with Gasteiger partial charge in [-0.3, -0.25) is 9.58 Å². The van der Waals surface area contributed by atoms with Gasteiger partial charge in [-0.25, -0.2) is 4.39 Å². The number of allylic oxidation sites excluding steroid dienone is 4. The fourth-order valence-corrected chi connectivity index (χ4v) is 3.67. The molecule has 1 unspecified atom stereocenters. The van der Waals surface area contributed by atoms with Crippen molar-refractivity contribution < 1.29 is 4.39 Å². The van der Waals surface area contributed by atoms with Crippen LogP contribution in [0.15, 0.2) is 48.3 Å². The molecule has 2 aromatic rings. The Bertz CT molecular complexity index is 834. The first kappa shape index (κ1) is 15.1. The van der Waals surface area contributed by atoms with Crippen LogP contribution in [-0.4, -0.2) is 21.7 Å². The highest BCUT2D eigenvalue weighted by Crippen LogP contribution is 2.38. The van der Waals surface area contributed by atoms with Crippen molar-refractivity contribution in [3.8, 4) is 0 Å². The fraction of sp³-hybridized carbons (Fsp3) is 0.316. The van der Waals surface area contributed by atoms with Crippen molar-refractivity contribution in [1.29, 1.82) is 0 Å². The lowest BCUT2D eigenvalue weighted by atomic mass is 9.92. The number of nitrogens with two attached hydrogens (primary N) is 1. The molecule has 1 atom stereocenters. The van der Waals surface area contributed by atoms with E-state index in [-0.39, 0.29) is 11.7 Å². The van der Waals surface area contributed by atoms with E-state index in [1.807, 2.05) is 35.0 Å². The molecular formula is C19H21FN4. The van der Waals surface area contributed by atoms with Gasteiger partial charge in [0.2, 0.25) is 0 Å². The number of fused-ring (bicyclic) bond motifs is 1. The summed E-state index contributed by atoms with van der Waals surface area (Å²) in [6.45, 7) is 2.26. The summed E-state index contributed by atoms with van der Waals surface area (Å²) < 4.78 is 16.5. The smallest absolute Gasteiger partial charge is 0.109 e. The van der Waals surface area contributed by atoms with Crippen LogP contribution in [0, 0.1) is 0 Å². The highest BCUT2D eigenvalue weighted by atomic mass is 19.1. The van der Waals surface area contributed by atoms with Crippen LogP contribution in [0.1, 0.15) is 34.9 Å². The molecule has 2 heterocycles. The highest BCUT2D eigenvalue weighted by Gasteiger charge is 2.31. The molecule has 124 valence electrons. The second kappa shape index (κ2) is 5.91. The Morgan fingerprint density at radius 1 is 1.33 bits per heavy atom. The normalized spacial score (nSPS) is 20.2. The molecular weight excluding hydrogens is 303 g/mol. The highest BCUT2D eigenvalue weighted by molar-refractivity contribution is 5.42. The van der Waals surface area contributed by atoms with E-state index in [0.717, 1.165) is 35.7 Å². The molecule has 1 aliphatic heterocycles. The maximum atomic E-state index is 14.5. The predicted molar refractivity (Wildman–Crippen MR) is 93.0 cm³/mol. The molecule has 1 aromatic carbocycles. The van der Waals surface area contributed by atoms with Crippen molar-refractivity contribution in [3.63, 3.8) is 0 Å². The first-order chi connectivity index (χ1) is 11.6. The second-order valence-electron chi connectivity index (χ2n) is 6.65. The number of rotatable bonds is 3. The van der Waals surface area contributed by atoms with Crippen LogP contribution < -0.4 is 5.73 Å². The summed E-state index contributed by atoms with van der Waals surface area (Å²) in [4.78, 5) is 2.21. The average molecular weight is 324 g/mol. The van der Waals surface area contributed by atoms with Crippen molar-refractivity contribution in [2.45, 2.75) is 32.0 Å². The summed E-state index contributed by atoms with van der Waals surface area (Å²) in [6, 6.07) is 7.80. The van der Waals surface area contributed by atoms with E-state index in [0.29, 0.717) is 13.0 Å². The third kappa shape index (κ3) is 2.65. The van der Waals surface area contributed by atoms with Gasteiger partial charge in [0, 0.05) is 24.3 Å². The summed E-state index contributed by atoms with van der Waals surface area (Å²) in [6.07, 6.45) is 6.06. The lowest BCUT2D eigenvalue weighted by Gasteiger charge is -2.20. The summed E-state index contributed by atoms with van der Waals surface area (Å²) in [7, 11) is 2.07. The van der Waals surface area contributed by atoms with E-state index in [4.69, 9.17) is 10.8 Å². The number of hydrogen-bond acceptors (Lipinski definition) is 3. The molecule has 0 spiro atoms. The minimum absolute atomic E-state index is 0.0800. The van der Waals surface area contributed by atoms with Crippen molar-refractivity contribution in [2.75, 3.05) is 12.8 Å². The quantitative estimate of drug-likeness (QED) is 0.881. The molecule has 0 amide bonds. The molecule has 4 nitrogen and oxygen atoms in total. The Morgan fingerprint density at radius 2 is 2.21 bits per heavy atom. The van der Waals surface area contributed by atoms with Crippen molar-refractivity contribution in [3.05, 3.63) is 70.8 Å². The molecule has 0 radical (unpaired) electrons. The minimum Gasteiger partial charge on any atom is -0.399 e. The van der Waals surface area contributed by atoms with Crippen LogP contribution >= 0.6 is 0 Å². The van der Waals surface area contributed by atoms with Gasteiger partial charge in [-0.1, -0.05) is 24.3 Å². The largest absolute Gasteiger partial charge is 0.399 e. The van der Waals surface area contributed by atoms with Crippen LogP contribution in [0.25, 0.3) is 0 Å². The van der Waals surface area contributed by atoms with Gasteiger partial charge in [0.1, 0.15) is 5.83 Å². The Balaban J connectivity index is 1.76. The summed E-state index contributed by atoms with van der Waals surface area (Å²) in [5.41, 5.74) is 11.0. The first-order valence-corrected chi connectivity index (χ1v) is 8.25. The Kier molecular flexibility index (Phi) is 3.73. The lowest BCUT2D eigenvalue weighted by molar-refractivity contribution is 0.342. The van der Waals surface area contributed by atoms with Crippen molar-refractivity contribution >= 4 is 5.69 Å². The van der Waals surface area contributed by atoms with E-state index < -0.39 is 0 Å². The summed E-state index contributed by atoms with van der Waals surface area (Å²) in [5.74, 6) is -0.317. The number of aromatic nitrogens is 2. The van der Waals surface area contributed by atoms with E-state index >= 15 is 0 Å². The molecule has 5 heteroatoms. The molecule has 4 rings (SSSR count). The number of nitrogens with zero attached hydrogens (tertiary/aromatic N) is 3. The molecule has 0 saturated carbocycles. The fourth-order valence-electron chi connectivity index (χ4n) is 3.67. The SMILES string of the molecule is CN1Cc2nn(Cc3cccc(N)c3)c(C3CC=CC=C3F)c2C1. The molecule has 2 aliphatic rings. The predicted octanol–water partition coefficient (Wildman–Crippen LogP) is 3.36. The molecule has 1 aliphatic carbocycles. The zero-order valence-electron chi connectivity index (χ0n) is 13.7. The molecule has 1 aromatic heterocycles. The second-order valence-corrected chi connectivity index (χ2v) is 6.65. The van der Waals surface area contributed by atoms with Gasteiger partial charge in [-0.05, 0) is 37.2 Å². The molecule has 0 bridgehead atoms. The molecule has 24 heavy (non-hydrogen) atoms. The molecule has 0 fully saturated rings. The summed E-state index contributed by atoms with van der Waals surface area (Å²) >= 11 is 0. The molecule has 2 N–H and O–H groups in total. The van der Waals surface area contributed by atoms with Gasteiger partial charge in [0.05, 0.1) is 23.9 Å². The topological polar surface area (TPSA) is 47.1 Å². The van der Waals surface area contributed by atoms with E-state index in [1.54, 1.807) is 12.2 Å². The number of hydrogen-bond donors (Lipinski definition) is 1. The number of halogens is 1. The summed E-state index contributed by atoms with van der Waals surface area (Å²) in [5, 5.41) is 4.79. The Labute approximate surface area is 141 Å². The maximum absolute atomic E-state index is 14.5. The zero-order valence-corrected chi connectivity index (χ0v) is 13.7. The van der Waals surface area contributed by atoms with Gasteiger partial charge >= 0.3 is 0 Å². The van der Waals surface area contributed by atoms with Gasteiger partial charge in [-0.2, -0.15) is 5.10 Å². The van der Waals surface area contributed by atoms with Crippen LogP contribution in [0.3, 0.4) is 0 Å². The van der Waals surface area contributed by atoms with Crippen molar-refractivity contribution in [2.24, 2.45) is 0 Å². The van der Waals surface area contributed by atoms with Gasteiger partial charge in [0.15, 0.2) is 0 Å². The van der Waals surface area contributed by atoms with Crippen LogP contribution in [0.4, 0.5) is 10.1 Å². The van der Waals surface area contributed by atoms with Gasteiger partial charge in [-0.15, -0.1) is 0 Å². The third-order valence-corrected chi connectivity index (χ3v) is 4.73. The lowest BCUT2D eigenvalue weighted by Crippen LogP contribution is -2.17. The number of anilines is 1. The van der Waals surface area contributed by atoms with Gasteiger partial charge in [0.25, 0.3) is 0 Å². The van der Waals surface area contributed by atoms with E-state index in [9.17, 15) is 4.39 Å². The maximum Gasteiger partial charge on any atom is 0.109 e. The monoisotopic (exact) mass is 324 g/mol. The zero-order chi connectivity index (χ0) is 16.7. The van der Waals surface area contributed by atoms with E-state index in [1.165, 1.54) is 5.56 Å². The number of benzene rings is 1. The van der Waals surface area contributed by atoms with Crippen LogP contribution in [0.5, 0.6) is 0 Å².